The van der Waals surface area contributed by atoms with Gasteiger partial charge in [-0.1, -0.05) is 23.7 Å². The van der Waals surface area contributed by atoms with Crippen LogP contribution < -0.4 is 9.64 Å². The van der Waals surface area contributed by atoms with Gasteiger partial charge in [0.05, 0.1) is 15.6 Å². The molecular formula is C19H18ClN3O5. The Morgan fingerprint density at radius 3 is 2.54 bits per heavy atom. The van der Waals surface area contributed by atoms with E-state index >= 15 is 0 Å². The summed E-state index contributed by atoms with van der Waals surface area (Å²) in [5, 5.41) is 11.8. The van der Waals surface area contributed by atoms with E-state index in [4.69, 9.17) is 16.3 Å². The van der Waals surface area contributed by atoms with Crippen molar-refractivity contribution in [2.24, 2.45) is 0 Å². The number of benzene rings is 2. The summed E-state index contributed by atoms with van der Waals surface area (Å²) < 4.78 is 5.36. The van der Waals surface area contributed by atoms with Gasteiger partial charge in [-0.3, -0.25) is 19.7 Å². The van der Waals surface area contributed by atoms with E-state index in [-0.39, 0.29) is 29.5 Å². The molecule has 1 fully saturated rings. The van der Waals surface area contributed by atoms with Gasteiger partial charge in [0, 0.05) is 37.8 Å². The number of piperazine rings is 1. The summed E-state index contributed by atoms with van der Waals surface area (Å²) in [5.74, 6) is -0.300. The molecule has 1 aliphatic rings. The Balaban J connectivity index is 1.58. The molecule has 9 heteroatoms. The number of hydrogen-bond donors (Lipinski definition) is 0. The average molecular weight is 404 g/mol. The predicted molar refractivity (Wildman–Crippen MR) is 104 cm³/mol. The Morgan fingerprint density at radius 1 is 1.18 bits per heavy atom. The summed E-state index contributed by atoms with van der Waals surface area (Å²) in [4.78, 5) is 37.4. The number of ether oxygens (including phenoxy) is 1. The fraction of sp³-hybridized carbons (Fsp3) is 0.263. The first-order chi connectivity index (χ1) is 13.5. The van der Waals surface area contributed by atoms with Crippen LogP contribution in [0.25, 0.3) is 0 Å². The van der Waals surface area contributed by atoms with Gasteiger partial charge in [0.2, 0.25) is 0 Å². The molecular weight excluding hydrogens is 386 g/mol. The number of nitrogens with zero attached hydrogens (tertiary/aromatic N) is 3. The lowest BCUT2D eigenvalue weighted by molar-refractivity contribution is -0.385. The van der Waals surface area contributed by atoms with Gasteiger partial charge in [0.15, 0.2) is 12.4 Å². The number of carbonyl (C=O) groups excluding carboxylic acids is 2. The van der Waals surface area contributed by atoms with Crippen molar-refractivity contribution in [1.82, 2.24) is 4.90 Å². The molecule has 3 rings (SSSR count). The van der Waals surface area contributed by atoms with Gasteiger partial charge >= 0.3 is 5.69 Å². The highest BCUT2D eigenvalue weighted by atomic mass is 35.5. The van der Waals surface area contributed by atoms with Crippen LogP contribution in [0.15, 0.2) is 42.5 Å². The number of rotatable bonds is 6. The number of nitro groups is 1. The Bertz CT molecular complexity index is 897. The SMILES string of the molecule is O=Cc1ccc(OCC(=O)N2CCN(c3ccccc3Cl)CC2)c([N+](=O)[O-])c1. The number of hydrogen-bond acceptors (Lipinski definition) is 6. The largest absolute Gasteiger partial charge is 0.477 e. The maximum absolute atomic E-state index is 12.4. The topological polar surface area (TPSA) is 93.0 Å². The lowest BCUT2D eigenvalue weighted by Gasteiger charge is -2.36. The molecule has 0 aromatic heterocycles. The van der Waals surface area contributed by atoms with Gasteiger partial charge in [-0.25, -0.2) is 0 Å². The molecule has 0 radical (unpaired) electrons. The monoisotopic (exact) mass is 403 g/mol. The van der Waals surface area contributed by atoms with Gasteiger partial charge < -0.3 is 14.5 Å². The number of aldehydes is 1. The van der Waals surface area contributed by atoms with Crippen molar-refractivity contribution in [3.63, 3.8) is 0 Å². The van der Waals surface area contributed by atoms with Crippen molar-refractivity contribution in [3.8, 4) is 5.75 Å². The van der Waals surface area contributed by atoms with E-state index in [0.717, 1.165) is 11.8 Å². The molecule has 1 heterocycles. The highest BCUT2D eigenvalue weighted by molar-refractivity contribution is 6.33. The summed E-state index contributed by atoms with van der Waals surface area (Å²) in [6.45, 7) is 1.94. The minimum Gasteiger partial charge on any atom is -0.477 e. The fourth-order valence-corrected chi connectivity index (χ4v) is 3.26. The number of amides is 1. The van der Waals surface area contributed by atoms with Crippen molar-refractivity contribution < 1.29 is 19.2 Å². The lowest BCUT2D eigenvalue weighted by Crippen LogP contribution is -2.50. The van der Waals surface area contributed by atoms with Crippen molar-refractivity contribution in [3.05, 3.63) is 63.2 Å². The molecule has 1 saturated heterocycles. The van der Waals surface area contributed by atoms with E-state index in [9.17, 15) is 19.7 Å². The summed E-state index contributed by atoms with van der Waals surface area (Å²) in [7, 11) is 0. The molecule has 0 bridgehead atoms. The van der Waals surface area contributed by atoms with Gasteiger partial charge in [-0.05, 0) is 24.3 Å². The van der Waals surface area contributed by atoms with Crippen LogP contribution in [0.1, 0.15) is 10.4 Å². The van der Waals surface area contributed by atoms with Crippen molar-refractivity contribution >= 4 is 35.2 Å². The zero-order chi connectivity index (χ0) is 20.1. The second kappa shape index (κ2) is 8.71. The van der Waals surface area contributed by atoms with Crippen LogP contribution >= 0.6 is 11.6 Å². The quantitative estimate of drug-likeness (QED) is 0.418. The minimum atomic E-state index is -0.644. The van der Waals surface area contributed by atoms with Crippen molar-refractivity contribution in [2.75, 3.05) is 37.7 Å². The molecule has 8 nitrogen and oxygen atoms in total. The first-order valence-corrected chi connectivity index (χ1v) is 9.01. The summed E-state index contributed by atoms with van der Waals surface area (Å²) in [6.07, 6.45) is 0.514. The zero-order valence-electron chi connectivity index (χ0n) is 14.9. The number of para-hydroxylation sites is 1. The summed E-state index contributed by atoms with van der Waals surface area (Å²) in [6, 6.07) is 11.4. The molecule has 0 atom stereocenters. The standard InChI is InChI=1S/C19H18ClN3O5/c20-15-3-1-2-4-16(15)21-7-9-22(10-8-21)19(25)13-28-18-6-5-14(12-24)11-17(18)23(26)27/h1-6,11-12H,7-10,13H2. The fourth-order valence-electron chi connectivity index (χ4n) is 3.01. The van der Waals surface area contributed by atoms with Crippen LogP contribution in [-0.2, 0) is 4.79 Å². The maximum atomic E-state index is 12.4. The Labute approximate surface area is 166 Å². The summed E-state index contributed by atoms with van der Waals surface area (Å²) in [5.41, 5.74) is 0.750. The maximum Gasteiger partial charge on any atom is 0.311 e. The molecule has 1 amide bonds. The van der Waals surface area contributed by atoms with Gasteiger partial charge in [-0.2, -0.15) is 0 Å². The number of anilines is 1. The van der Waals surface area contributed by atoms with E-state index in [2.05, 4.69) is 4.90 Å². The number of nitro benzene ring substituents is 1. The second-order valence-electron chi connectivity index (χ2n) is 6.21. The normalized spacial score (nSPS) is 13.9. The van der Waals surface area contributed by atoms with Crippen LogP contribution in [0.4, 0.5) is 11.4 Å². The molecule has 0 aliphatic carbocycles. The molecule has 0 saturated carbocycles. The molecule has 0 N–H and O–H groups in total. The van der Waals surface area contributed by atoms with E-state index in [1.807, 2.05) is 24.3 Å². The summed E-state index contributed by atoms with van der Waals surface area (Å²) >= 11 is 6.22. The Kier molecular flexibility index (Phi) is 6.10. The molecule has 0 spiro atoms. The number of halogens is 1. The van der Waals surface area contributed by atoms with Crippen molar-refractivity contribution in [1.29, 1.82) is 0 Å². The van der Waals surface area contributed by atoms with Gasteiger partial charge in [-0.15, -0.1) is 0 Å². The van der Waals surface area contributed by atoms with E-state index in [1.54, 1.807) is 4.90 Å². The van der Waals surface area contributed by atoms with Crippen molar-refractivity contribution in [2.45, 2.75) is 0 Å². The van der Waals surface area contributed by atoms with Crippen LogP contribution in [0.2, 0.25) is 5.02 Å². The zero-order valence-corrected chi connectivity index (χ0v) is 15.7. The van der Waals surface area contributed by atoms with E-state index in [0.29, 0.717) is 37.5 Å². The third-order valence-corrected chi connectivity index (χ3v) is 4.81. The van der Waals surface area contributed by atoms with Crippen LogP contribution in [-0.4, -0.2) is 54.8 Å². The third-order valence-electron chi connectivity index (χ3n) is 4.49. The van der Waals surface area contributed by atoms with Gasteiger partial charge in [0.25, 0.3) is 5.91 Å². The molecule has 28 heavy (non-hydrogen) atoms. The molecule has 0 unspecified atom stereocenters. The molecule has 146 valence electrons. The average Bonchev–Trinajstić information content (AvgIpc) is 2.72. The van der Waals surface area contributed by atoms with Crippen LogP contribution in [0, 0.1) is 10.1 Å². The first-order valence-electron chi connectivity index (χ1n) is 8.63. The highest BCUT2D eigenvalue weighted by Gasteiger charge is 2.24. The van der Waals surface area contributed by atoms with E-state index in [1.165, 1.54) is 12.1 Å². The molecule has 2 aromatic rings. The molecule has 1 aliphatic heterocycles. The number of carbonyl (C=O) groups is 2. The highest BCUT2D eigenvalue weighted by Crippen LogP contribution is 2.28. The second-order valence-corrected chi connectivity index (χ2v) is 6.62. The smallest absolute Gasteiger partial charge is 0.311 e. The Hall–Kier alpha value is -3.13. The van der Waals surface area contributed by atoms with Crippen LogP contribution in [0.3, 0.4) is 0 Å². The lowest BCUT2D eigenvalue weighted by atomic mass is 10.2. The first kappa shape index (κ1) is 19.6. The van der Waals surface area contributed by atoms with E-state index < -0.39 is 4.92 Å². The molecule has 2 aromatic carbocycles. The van der Waals surface area contributed by atoms with Gasteiger partial charge in [0.1, 0.15) is 6.29 Å². The predicted octanol–water partition coefficient (Wildman–Crippen LogP) is 2.79. The Morgan fingerprint density at radius 2 is 1.89 bits per heavy atom. The minimum absolute atomic E-state index is 0.0429. The van der Waals surface area contributed by atoms with Crippen LogP contribution in [0.5, 0.6) is 5.75 Å². The third kappa shape index (κ3) is 4.40.